The van der Waals surface area contributed by atoms with Gasteiger partial charge in [-0.25, -0.2) is 4.68 Å². The first kappa shape index (κ1) is 19.5. The number of nitrogens with zero attached hydrogens (tertiary/aromatic N) is 5. The lowest BCUT2D eigenvalue weighted by Crippen LogP contribution is -2.27. The number of nitriles is 1. The summed E-state index contributed by atoms with van der Waals surface area (Å²) in [6.45, 7) is 3.54. The van der Waals surface area contributed by atoms with E-state index in [0.29, 0.717) is 12.1 Å². The quantitative estimate of drug-likeness (QED) is 0.394. The first-order chi connectivity index (χ1) is 14.8. The monoisotopic (exact) mass is 397 g/mol. The number of ether oxygens (including phenoxy) is 1. The van der Waals surface area contributed by atoms with Gasteiger partial charge in [-0.3, -0.25) is 5.01 Å². The number of fused-ring (bicyclic) bond motifs is 1. The van der Waals surface area contributed by atoms with Crippen LogP contribution < -0.4 is 9.75 Å². The number of rotatable bonds is 8. The van der Waals surface area contributed by atoms with E-state index in [0.717, 1.165) is 41.8 Å². The SMILES string of the molecule is CCCCOc1ccc2cc(CN(c3ccc(C#N)cc3)n3cnnc3)ccc2c1. The van der Waals surface area contributed by atoms with Crippen molar-refractivity contribution in [3.63, 3.8) is 0 Å². The summed E-state index contributed by atoms with van der Waals surface area (Å²) < 4.78 is 7.67. The standard InChI is InChI=1S/C24H23N5O/c1-2-3-12-30-24-11-8-21-13-20(4-7-22(21)14-24)16-29(28-17-26-27-18-28)23-9-5-19(15-25)6-10-23/h4-11,13-14,17-18H,2-3,12,16H2,1H3. The number of hydrogen-bond donors (Lipinski definition) is 0. The second-order valence-electron chi connectivity index (χ2n) is 7.10. The lowest BCUT2D eigenvalue weighted by Gasteiger charge is -2.25. The highest BCUT2D eigenvalue weighted by Crippen LogP contribution is 2.25. The largest absolute Gasteiger partial charge is 0.494 e. The molecule has 1 aromatic heterocycles. The van der Waals surface area contributed by atoms with E-state index in [2.05, 4.69) is 58.5 Å². The van der Waals surface area contributed by atoms with E-state index in [1.165, 1.54) is 5.39 Å². The van der Waals surface area contributed by atoms with E-state index in [4.69, 9.17) is 10.00 Å². The van der Waals surface area contributed by atoms with Crippen LogP contribution in [0.4, 0.5) is 5.69 Å². The molecule has 0 unspecified atom stereocenters. The Bertz CT molecular complexity index is 1150. The second-order valence-corrected chi connectivity index (χ2v) is 7.10. The highest BCUT2D eigenvalue weighted by molar-refractivity contribution is 5.84. The molecule has 6 heteroatoms. The Morgan fingerprint density at radius 1 is 0.967 bits per heavy atom. The van der Waals surface area contributed by atoms with Gasteiger partial charge >= 0.3 is 0 Å². The van der Waals surface area contributed by atoms with Crippen LogP contribution in [-0.4, -0.2) is 21.5 Å². The maximum Gasteiger partial charge on any atom is 0.139 e. The summed E-state index contributed by atoms with van der Waals surface area (Å²) in [5.41, 5.74) is 2.74. The maximum atomic E-state index is 9.07. The fourth-order valence-electron chi connectivity index (χ4n) is 3.30. The molecule has 0 atom stereocenters. The van der Waals surface area contributed by atoms with Crippen LogP contribution in [0.2, 0.25) is 0 Å². The van der Waals surface area contributed by atoms with Crippen LogP contribution in [0.5, 0.6) is 5.75 Å². The fourth-order valence-corrected chi connectivity index (χ4v) is 3.30. The molecule has 1 heterocycles. The van der Waals surface area contributed by atoms with Crippen molar-refractivity contribution in [2.24, 2.45) is 0 Å². The molecule has 30 heavy (non-hydrogen) atoms. The third-order valence-electron chi connectivity index (χ3n) is 4.95. The predicted molar refractivity (Wildman–Crippen MR) is 117 cm³/mol. The zero-order valence-electron chi connectivity index (χ0n) is 16.9. The smallest absolute Gasteiger partial charge is 0.139 e. The van der Waals surface area contributed by atoms with Gasteiger partial charge in [-0.15, -0.1) is 10.2 Å². The lowest BCUT2D eigenvalue weighted by molar-refractivity contribution is 0.310. The summed E-state index contributed by atoms with van der Waals surface area (Å²) in [4.78, 5) is 0. The summed E-state index contributed by atoms with van der Waals surface area (Å²) in [5, 5.41) is 21.3. The van der Waals surface area contributed by atoms with Gasteiger partial charge in [0.1, 0.15) is 18.4 Å². The van der Waals surface area contributed by atoms with Crippen LogP contribution in [0.25, 0.3) is 10.8 Å². The number of benzene rings is 3. The molecule has 150 valence electrons. The average molecular weight is 397 g/mol. The minimum Gasteiger partial charge on any atom is -0.494 e. The van der Waals surface area contributed by atoms with Gasteiger partial charge in [-0.2, -0.15) is 5.26 Å². The molecule has 0 N–H and O–H groups in total. The fraction of sp³-hybridized carbons (Fsp3) is 0.208. The highest BCUT2D eigenvalue weighted by Gasteiger charge is 2.11. The van der Waals surface area contributed by atoms with E-state index >= 15 is 0 Å². The minimum absolute atomic E-state index is 0.630. The van der Waals surface area contributed by atoms with Gasteiger partial charge in [0.2, 0.25) is 0 Å². The van der Waals surface area contributed by atoms with Crippen molar-refractivity contribution in [2.75, 3.05) is 11.6 Å². The Morgan fingerprint density at radius 3 is 2.43 bits per heavy atom. The number of anilines is 1. The van der Waals surface area contributed by atoms with Crippen LogP contribution in [0.15, 0.2) is 73.3 Å². The van der Waals surface area contributed by atoms with Gasteiger partial charge in [0.15, 0.2) is 0 Å². The number of aromatic nitrogens is 3. The maximum absolute atomic E-state index is 9.07. The van der Waals surface area contributed by atoms with Crippen molar-refractivity contribution < 1.29 is 4.74 Å². The van der Waals surface area contributed by atoms with Gasteiger partial charge in [-0.1, -0.05) is 31.5 Å². The molecule has 0 saturated carbocycles. The summed E-state index contributed by atoms with van der Waals surface area (Å²) in [6.07, 6.45) is 5.52. The van der Waals surface area contributed by atoms with Gasteiger partial charge < -0.3 is 4.74 Å². The molecule has 0 aliphatic heterocycles. The minimum atomic E-state index is 0.630. The van der Waals surface area contributed by atoms with Crippen LogP contribution >= 0.6 is 0 Å². The van der Waals surface area contributed by atoms with Crippen molar-refractivity contribution in [3.05, 3.63) is 84.4 Å². The molecule has 0 aliphatic rings. The highest BCUT2D eigenvalue weighted by atomic mass is 16.5. The van der Waals surface area contributed by atoms with Crippen LogP contribution in [0.3, 0.4) is 0 Å². The topological polar surface area (TPSA) is 67.0 Å². The lowest BCUT2D eigenvalue weighted by atomic mass is 10.1. The molecule has 0 bridgehead atoms. The molecule has 4 aromatic rings. The van der Waals surface area contributed by atoms with Gasteiger partial charge in [0.05, 0.1) is 30.5 Å². The Labute approximate surface area is 175 Å². The Morgan fingerprint density at radius 2 is 1.70 bits per heavy atom. The van der Waals surface area contributed by atoms with Crippen molar-refractivity contribution in [1.82, 2.24) is 14.9 Å². The normalized spacial score (nSPS) is 10.7. The molecule has 0 fully saturated rings. The van der Waals surface area contributed by atoms with Gasteiger partial charge in [0.25, 0.3) is 0 Å². The van der Waals surface area contributed by atoms with Gasteiger partial charge in [0, 0.05) is 0 Å². The van der Waals surface area contributed by atoms with E-state index < -0.39 is 0 Å². The van der Waals surface area contributed by atoms with Crippen LogP contribution in [-0.2, 0) is 6.54 Å². The Kier molecular flexibility index (Phi) is 5.90. The Balaban J connectivity index is 1.59. The predicted octanol–water partition coefficient (Wildman–Crippen LogP) is 4.95. The Hall–Kier alpha value is -3.85. The van der Waals surface area contributed by atoms with Crippen molar-refractivity contribution in [2.45, 2.75) is 26.3 Å². The number of unbranched alkanes of at least 4 members (excludes halogenated alkanes) is 1. The second kappa shape index (κ2) is 9.10. The third-order valence-corrected chi connectivity index (χ3v) is 4.95. The van der Waals surface area contributed by atoms with E-state index in [9.17, 15) is 0 Å². The van der Waals surface area contributed by atoms with Crippen molar-refractivity contribution in [3.8, 4) is 11.8 Å². The molecule has 0 spiro atoms. The molecule has 4 rings (SSSR count). The number of hydrogen-bond acceptors (Lipinski definition) is 5. The van der Waals surface area contributed by atoms with E-state index in [1.807, 2.05) is 35.0 Å². The van der Waals surface area contributed by atoms with E-state index in [1.54, 1.807) is 12.7 Å². The van der Waals surface area contributed by atoms with Crippen molar-refractivity contribution >= 4 is 16.5 Å². The van der Waals surface area contributed by atoms with E-state index in [-0.39, 0.29) is 0 Å². The van der Waals surface area contributed by atoms with Crippen LogP contribution in [0, 0.1) is 11.3 Å². The molecule has 0 radical (unpaired) electrons. The molecule has 0 saturated heterocycles. The summed E-state index contributed by atoms with van der Waals surface area (Å²) in [5.74, 6) is 0.910. The third kappa shape index (κ3) is 4.41. The molecule has 0 amide bonds. The summed E-state index contributed by atoms with van der Waals surface area (Å²) in [7, 11) is 0. The van der Waals surface area contributed by atoms with Crippen LogP contribution in [0.1, 0.15) is 30.9 Å². The van der Waals surface area contributed by atoms with Gasteiger partial charge in [-0.05, 0) is 65.2 Å². The molecule has 0 aliphatic carbocycles. The zero-order chi connectivity index (χ0) is 20.8. The molecule has 6 nitrogen and oxygen atoms in total. The summed E-state index contributed by atoms with van der Waals surface area (Å²) in [6, 6.07) is 22.3. The van der Waals surface area contributed by atoms with Crippen molar-refractivity contribution in [1.29, 1.82) is 5.26 Å². The molecular formula is C24H23N5O. The molecule has 3 aromatic carbocycles. The zero-order valence-corrected chi connectivity index (χ0v) is 16.9. The first-order valence-corrected chi connectivity index (χ1v) is 10.0. The average Bonchev–Trinajstić information content (AvgIpc) is 3.32. The summed E-state index contributed by atoms with van der Waals surface area (Å²) >= 11 is 0. The first-order valence-electron chi connectivity index (χ1n) is 10.0. The molecular weight excluding hydrogens is 374 g/mol.